The molecule has 0 radical (unpaired) electrons. The lowest BCUT2D eigenvalue weighted by atomic mass is 10.0. The van der Waals surface area contributed by atoms with Crippen molar-refractivity contribution in [2.24, 2.45) is 7.05 Å². The van der Waals surface area contributed by atoms with Gasteiger partial charge in [0.15, 0.2) is 17.3 Å². The van der Waals surface area contributed by atoms with Crippen molar-refractivity contribution in [1.82, 2.24) is 24.4 Å². The van der Waals surface area contributed by atoms with Crippen LogP contribution in [0.1, 0.15) is 50.5 Å². The molecular weight excluding hydrogens is 523 g/mol. The van der Waals surface area contributed by atoms with Gasteiger partial charge in [-0.25, -0.2) is 24.1 Å². The number of nitrogens with zero attached hydrogens (tertiary/aromatic N) is 6. The minimum atomic E-state index is -0.771. The number of aryl methyl sites for hydroxylation is 2. The number of carbonyl (C=O) groups is 1. The monoisotopic (exact) mass is 560 g/mol. The van der Waals surface area contributed by atoms with Crippen molar-refractivity contribution in [2.75, 3.05) is 31.1 Å². The van der Waals surface area contributed by atoms with Gasteiger partial charge >= 0.3 is 6.09 Å². The van der Waals surface area contributed by atoms with Crippen molar-refractivity contribution < 1.29 is 18.7 Å². The Morgan fingerprint density at radius 2 is 1.93 bits per heavy atom. The maximum atomic E-state index is 15.0. The standard InChI is InChI=1S/C31H37FN6O3/c1-7-37-14-15-40-25(18-37)21-10-12-22(13-11-21)27-34-28-26(36(6)19-33-28)29(35-27)38(30(39)41-31(3,4)5)17-23-9-8-20(2)16-24(23)32/h8-13,16,19,25H,7,14-15,17-18H2,1-6H3. The van der Waals surface area contributed by atoms with E-state index in [-0.39, 0.29) is 18.5 Å². The van der Waals surface area contributed by atoms with Crippen molar-refractivity contribution in [2.45, 2.75) is 52.9 Å². The molecule has 0 aliphatic carbocycles. The molecule has 1 aliphatic heterocycles. The Bertz CT molecular complexity index is 1550. The number of imidazole rings is 1. The van der Waals surface area contributed by atoms with Gasteiger partial charge in [0, 0.05) is 31.3 Å². The number of fused-ring (bicyclic) bond motifs is 1. The quantitative estimate of drug-likeness (QED) is 0.294. The third-order valence-electron chi connectivity index (χ3n) is 7.10. The largest absolute Gasteiger partial charge is 0.443 e. The molecule has 0 saturated carbocycles. The van der Waals surface area contributed by atoms with Crippen LogP contribution in [0.4, 0.5) is 15.0 Å². The summed E-state index contributed by atoms with van der Waals surface area (Å²) in [7, 11) is 1.81. The Hall–Kier alpha value is -3.89. The normalized spacial score (nSPS) is 16.2. The maximum absolute atomic E-state index is 15.0. The summed E-state index contributed by atoms with van der Waals surface area (Å²) in [6.45, 7) is 12.7. The smallest absolute Gasteiger partial charge is 0.416 e. The van der Waals surface area contributed by atoms with E-state index in [4.69, 9.17) is 19.4 Å². The molecule has 2 aromatic carbocycles. The zero-order chi connectivity index (χ0) is 29.3. The summed E-state index contributed by atoms with van der Waals surface area (Å²) in [5, 5.41) is 0. The highest BCUT2D eigenvalue weighted by atomic mass is 19.1. The van der Waals surface area contributed by atoms with E-state index >= 15 is 4.39 Å². The number of anilines is 1. The third kappa shape index (κ3) is 6.39. The average Bonchev–Trinajstić information content (AvgIpc) is 3.32. The zero-order valence-electron chi connectivity index (χ0n) is 24.5. The Balaban J connectivity index is 1.56. The summed E-state index contributed by atoms with van der Waals surface area (Å²) < 4.78 is 28.5. The first-order valence-corrected chi connectivity index (χ1v) is 13.9. The molecule has 0 N–H and O–H groups in total. The number of likely N-dealkylation sites (N-methyl/N-ethyl adjacent to an activating group) is 1. The SMILES string of the molecule is CCN1CCOC(c2ccc(-c3nc(N(Cc4ccc(C)cc4F)C(=O)OC(C)(C)C)c4c(ncn4C)n3)cc2)C1. The molecule has 41 heavy (non-hydrogen) atoms. The topological polar surface area (TPSA) is 85.6 Å². The lowest BCUT2D eigenvalue weighted by molar-refractivity contribution is -0.0281. The predicted octanol–water partition coefficient (Wildman–Crippen LogP) is 5.81. The number of carbonyl (C=O) groups excluding carboxylic acids is 1. The van der Waals surface area contributed by atoms with E-state index in [1.807, 2.05) is 37.3 Å². The summed E-state index contributed by atoms with van der Waals surface area (Å²) in [5.74, 6) is 0.282. The van der Waals surface area contributed by atoms with Crippen molar-refractivity contribution in [3.05, 3.63) is 71.3 Å². The van der Waals surface area contributed by atoms with Crippen LogP contribution in [0.2, 0.25) is 0 Å². The second kappa shape index (κ2) is 11.5. The first-order valence-electron chi connectivity index (χ1n) is 13.9. The molecule has 0 spiro atoms. The van der Waals surface area contributed by atoms with Gasteiger partial charge in [0.05, 0.1) is 25.6 Å². The number of morpholine rings is 1. The van der Waals surface area contributed by atoms with Crippen LogP contribution < -0.4 is 4.90 Å². The third-order valence-corrected chi connectivity index (χ3v) is 7.10. The van der Waals surface area contributed by atoms with Crippen LogP contribution in [-0.2, 0) is 23.1 Å². The summed E-state index contributed by atoms with van der Waals surface area (Å²) in [5.41, 5.74) is 3.16. The molecule has 3 heterocycles. The first kappa shape index (κ1) is 28.6. The second-order valence-corrected chi connectivity index (χ2v) is 11.4. The summed E-state index contributed by atoms with van der Waals surface area (Å²) in [4.78, 5) is 31.4. The number of benzene rings is 2. The molecule has 9 nitrogen and oxygen atoms in total. The van der Waals surface area contributed by atoms with Gasteiger partial charge in [-0.3, -0.25) is 9.80 Å². The van der Waals surface area contributed by atoms with E-state index in [0.717, 1.165) is 36.3 Å². The van der Waals surface area contributed by atoms with Crippen molar-refractivity contribution in [3.63, 3.8) is 0 Å². The molecule has 216 valence electrons. The minimum Gasteiger partial charge on any atom is -0.443 e. The van der Waals surface area contributed by atoms with E-state index in [0.29, 0.717) is 29.2 Å². The number of halogens is 1. The number of rotatable bonds is 6. The molecule has 1 saturated heterocycles. The van der Waals surface area contributed by atoms with E-state index < -0.39 is 17.5 Å². The molecule has 1 fully saturated rings. The Kier molecular flexibility index (Phi) is 8.06. The van der Waals surface area contributed by atoms with Crippen LogP contribution in [0, 0.1) is 12.7 Å². The molecule has 5 rings (SSSR count). The van der Waals surface area contributed by atoms with Crippen molar-refractivity contribution in [3.8, 4) is 11.4 Å². The highest BCUT2D eigenvalue weighted by molar-refractivity contribution is 5.96. The van der Waals surface area contributed by atoms with E-state index in [1.165, 1.54) is 11.0 Å². The van der Waals surface area contributed by atoms with Crippen LogP contribution in [0.5, 0.6) is 0 Å². The lowest BCUT2D eigenvalue weighted by Crippen LogP contribution is -2.38. The number of amides is 1. The van der Waals surface area contributed by atoms with E-state index in [1.54, 1.807) is 44.8 Å². The van der Waals surface area contributed by atoms with Crippen LogP contribution in [0.3, 0.4) is 0 Å². The first-order chi connectivity index (χ1) is 19.5. The average molecular weight is 561 g/mol. The summed E-state index contributed by atoms with van der Waals surface area (Å²) in [6, 6.07) is 12.9. The Labute approximate surface area is 239 Å². The maximum Gasteiger partial charge on any atom is 0.416 e. The fourth-order valence-corrected chi connectivity index (χ4v) is 4.89. The Morgan fingerprint density at radius 1 is 1.17 bits per heavy atom. The van der Waals surface area contributed by atoms with Gasteiger partial charge in [-0.2, -0.15) is 0 Å². The van der Waals surface area contributed by atoms with Crippen LogP contribution in [-0.4, -0.2) is 62.4 Å². The van der Waals surface area contributed by atoms with Gasteiger partial charge < -0.3 is 14.0 Å². The molecule has 2 aromatic heterocycles. The van der Waals surface area contributed by atoms with Crippen LogP contribution in [0.25, 0.3) is 22.6 Å². The van der Waals surface area contributed by atoms with Gasteiger partial charge in [-0.05, 0) is 51.4 Å². The van der Waals surface area contributed by atoms with Gasteiger partial charge in [0.2, 0.25) is 0 Å². The summed E-state index contributed by atoms with van der Waals surface area (Å²) >= 11 is 0. The van der Waals surface area contributed by atoms with Gasteiger partial charge in [-0.15, -0.1) is 0 Å². The van der Waals surface area contributed by atoms with Crippen LogP contribution in [0.15, 0.2) is 48.8 Å². The second-order valence-electron chi connectivity index (χ2n) is 11.4. The van der Waals surface area contributed by atoms with Crippen LogP contribution >= 0.6 is 0 Å². The Morgan fingerprint density at radius 3 is 2.61 bits per heavy atom. The van der Waals surface area contributed by atoms with Gasteiger partial charge in [0.1, 0.15) is 16.9 Å². The molecule has 1 amide bonds. The highest BCUT2D eigenvalue weighted by Gasteiger charge is 2.29. The highest BCUT2D eigenvalue weighted by Crippen LogP contribution is 2.31. The lowest BCUT2D eigenvalue weighted by Gasteiger charge is -2.32. The fraction of sp³-hybridized carbons (Fsp3) is 0.419. The molecule has 4 aromatic rings. The number of ether oxygens (including phenoxy) is 2. The molecule has 1 unspecified atom stereocenters. The zero-order valence-corrected chi connectivity index (χ0v) is 24.5. The number of hydrogen-bond donors (Lipinski definition) is 0. The molecule has 10 heteroatoms. The fourth-order valence-electron chi connectivity index (χ4n) is 4.89. The van der Waals surface area contributed by atoms with Gasteiger partial charge in [-0.1, -0.05) is 43.3 Å². The van der Waals surface area contributed by atoms with Gasteiger partial charge in [0.25, 0.3) is 0 Å². The minimum absolute atomic E-state index is 0.000403. The molecule has 1 aliphatic rings. The van der Waals surface area contributed by atoms with Crippen molar-refractivity contribution >= 4 is 23.1 Å². The number of aromatic nitrogens is 4. The molecule has 0 bridgehead atoms. The van der Waals surface area contributed by atoms with E-state index in [9.17, 15) is 4.79 Å². The summed E-state index contributed by atoms with van der Waals surface area (Å²) in [6.07, 6.45) is 0.976. The molecule has 1 atom stereocenters. The number of hydrogen-bond acceptors (Lipinski definition) is 7. The van der Waals surface area contributed by atoms with Crippen molar-refractivity contribution in [1.29, 1.82) is 0 Å². The predicted molar refractivity (Wildman–Crippen MR) is 156 cm³/mol. The molecular formula is C31H37FN6O3. The van der Waals surface area contributed by atoms with E-state index in [2.05, 4.69) is 16.8 Å².